The van der Waals surface area contributed by atoms with Gasteiger partial charge in [0.2, 0.25) is 29.5 Å². The molecule has 14 N–H and O–H groups in total. The molecule has 0 aliphatic carbocycles. The minimum Gasteiger partial charge on any atom is -0.508 e. The normalized spacial score (nSPS) is 21.9. The average molecular weight is 776 g/mol. The molecule has 0 saturated carbocycles. The summed E-state index contributed by atoms with van der Waals surface area (Å²) in [7, 11) is 0. The molecular formula is C38H65N9O8. The maximum atomic E-state index is 14.1. The van der Waals surface area contributed by atoms with Crippen molar-refractivity contribution in [1.29, 1.82) is 0 Å². The molecule has 1 heterocycles. The van der Waals surface area contributed by atoms with Crippen LogP contribution in [0, 0.1) is 5.92 Å². The van der Waals surface area contributed by atoms with Crippen LogP contribution in [0.4, 0.5) is 0 Å². The highest BCUT2D eigenvalue weighted by Crippen LogP contribution is 2.14. The van der Waals surface area contributed by atoms with Crippen LogP contribution in [-0.2, 0) is 35.2 Å². The van der Waals surface area contributed by atoms with Gasteiger partial charge in [0, 0.05) is 32.0 Å². The van der Waals surface area contributed by atoms with Crippen molar-refractivity contribution in [2.75, 3.05) is 26.2 Å². The number of carbonyl (C=O) groups is 6. The molecule has 1 saturated heterocycles. The third-order valence-corrected chi connectivity index (χ3v) is 9.45. The second-order valence-electron chi connectivity index (χ2n) is 14.7. The van der Waals surface area contributed by atoms with E-state index < -0.39 is 65.8 Å². The van der Waals surface area contributed by atoms with E-state index in [1.54, 1.807) is 12.1 Å². The number of rotatable bonds is 17. The Bertz CT molecular complexity index is 1360. The van der Waals surface area contributed by atoms with Gasteiger partial charge < -0.3 is 59.3 Å². The molecule has 0 aromatic heterocycles. The van der Waals surface area contributed by atoms with Crippen LogP contribution in [0.15, 0.2) is 24.3 Å². The first-order valence-corrected chi connectivity index (χ1v) is 19.6. The van der Waals surface area contributed by atoms with Crippen LogP contribution >= 0.6 is 0 Å². The Balaban J connectivity index is 2.41. The van der Waals surface area contributed by atoms with Gasteiger partial charge in [0.25, 0.3) is 0 Å². The Labute approximate surface area is 324 Å². The molecule has 17 nitrogen and oxygen atoms in total. The number of hydrogen-bond donors (Lipinski definition) is 11. The molecule has 2 rings (SSSR count). The second kappa shape index (κ2) is 25.7. The number of hydrogen-bond acceptors (Lipinski definition) is 11. The maximum absolute atomic E-state index is 14.1. The lowest BCUT2D eigenvalue weighted by molar-refractivity contribution is -0.142. The van der Waals surface area contributed by atoms with Crippen molar-refractivity contribution < 1.29 is 39.0 Å². The fraction of sp³-hybridized carbons (Fsp3) is 0.684. The number of carboxylic acids is 1. The first-order valence-electron chi connectivity index (χ1n) is 19.6. The summed E-state index contributed by atoms with van der Waals surface area (Å²) in [6.07, 6.45) is 5.08. The van der Waals surface area contributed by atoms with Gasteiger partial charge in [-0.3, -0.25) is 24.0 Å². The van der Waals surface area contributed by atoms with Crippen LogP contribution in [0.25, 0.3) is 0 Å². The number of carboxylic acid groups (broad SMARTS) is 1. The van der Waals surface area contributed by atoms with Crippen LogP contribution in [0.5, 0.6) is 5.75 Å². The molecule has 1 fully saturated rings. The van der Waals surface area contributed by atoms with E-state index in [-0.39, 0.29) is 49.8 Å². The Morgan fingerprint density at radius 2 is 1.55 bits per heavy atom. The summed E-state index contributed by atoms with van der Waals surface area (Å²) in [4.78, 5) is 79.3. The lowest BCUT2D eigenvalue weighted by atomic mass is 10.0. The number of aromatic hydroxyl groups is 1. The van der Waals surface area contributed by atoms with Crippen LogP contribution in [0.3, 0.4) is 0 Å². The standard InChI is InChI=1S/C38H65N9O8/c1-24(2)21-32(38(54)55)47-37(53)31(22-25-12-14-27(48)15-13-25)46-35(51)29-16-17-33(49)42-20-8-5-10-28(41)34(50)45-30(11-4-7-19-40)36(52)44-26(23-43-29)9-3-6-18-39/h12-15,24,26,28-32,43,48H,3-11,16-23,39-41H2,1-2H3,(H,42,49)(H,44,52)(H,45,50)(H,46,51)(H,47,53)(H,54,55)/t26-,28-,29-,30-,31-,32-/m0/s1. The minimum absolute atomic E-state index is 0.0114. The summed E-state index contributed by atoms with van der Waals surface area (Å²) >= 11 is 0. The summed E-state index contributed by atoms with van der Waals surface area (Å²) < 4.78 is 0. The molecule has 1 aliphatic heterocycles. The van der Waals surface area contributed by atoms with Crippen LogP contribution in [0.1, 0.15) is 96.5 Å². The number of nitrogens with two attached hydrogens (primary N) is 3. The number of amides is 5. The van der Waals surface area contributed by atoms with E-state index in [4.69, 9.17) is 17.2 Å². The zero-order valence-corrected chi connectivity index (χ0v) is 32.4. The number of phenols is 1. The van der Waals surface area contributed by atoms with E-state index in [0.717, 1.165) is 0 Å². The van der Waals surface area contributed by atoms with Crippen LogP contribution < -0.4 is 49.1 Å². The molecular weight excluding hydrogens is 710 g/mol. The number of carbonyl (C=O) groups excluding carboxylic acids is 5. The van der Waals surface area contributed by atoms with Crippen LogP contribution in [-0.4, -0.2) is 108 Å². The molecule has 1 aliphatic rings. The molecule has 5 amide bonds. The minimum atomic E-state index is -1.21. The van der Waals surface area contributed by atoms with E-state index in [1.165, 1.54) is 12.1 Å². The molecule has 1 aromatic rings. The SMILES string of the molecule is CC(C)C[C@H](NC(=O)[C@H](Cc1ccc(O)cc1)NC(=O)[C@@H]1CCC(=O)NCCCC[C@H](N)C(=O)N[C@@H](CCCCN)C(=O)N[C@@H](CCCCN)CN1)C(=O)O. The molecule has 6 atom stereocenters. The summed E-state index contributed by atoms with van der Waals surface area (Å²) in [5, 5.41) is 36.8. The third-order valence-electron chi connectivity index (χ3n) is 9.45. The molecule has 310 valence electrons. The predicted molar refractivity (Wildman–Crippen MR) is 208 cm³/mol. The molecule has 0 radical (unpaired) electrons. The van der Waals surface area contributed by atoms with Gasteiger partial charge in [-0.15, -0.1) is 0 Å². The lowest BCUT2D eigenvalue weighted by Gasteiger charge is -2.28. The van der Waals surface area contributed by atoms with Crippen molar-refractivity contribution in [3.05, 3.63) is 29.8 Å². The smallest absolute Gasteiger partial charge is 0.326 e. The van der Waals surface area contributed by atoms with E-state index in [1.807, 2.05) is 13.8 Å². The van der Waals surface area contributed by atoms with Gasteiger partial charge in [-0.05, 0) is 101 Å². The van der Waals surface area contributed by atoms with E-state index in [9.17, 15) is 39.0 Å². The average Bonchev–Trinajstić information content (AvgIpc) is 3.13. The van der Waals surface area contributed by atoms with Gasteiger partial charge >= 0.3 is 5.97 Å². The number of aliphatic carboxylic acids is 1. The highest BCUT2D eigenvalue weighted by Gasteiger charge is 2.31. The van der Waals surface area contributed by atoms with Crippen molar-refractivity contribution in [2.45, 2.75) is 134 Å². The van der Waals surface area contributed by atoms with E-state index >= 15 is 0 Å². The first-order chi connectivity index (χ1) is 26.2. The second-order valence-corrected chi connectivity index (χ2v) is 14.7. The number of nitrogens with one attached hydrogen (secondary N) is 6. The largest absolute Gasteiger partial charge is 0.508 e. The summed E-state index contributed by atoms with van der Waals surface area (Å²) in [6.45, 7) is 4.97. The fourth-order valence-corrected chi connectivity index (χ4v) is 6.24. The Morgan fingerprint density at radius 1 is 0.873 bits per heavy atom. The van der Waals surface area contributed by atoms with Gasteiger partial charge in [0.1, 0.15) is 23.9 Å². The highest BCUT2D eigenvalue weighted by atomic mass is 16.4. The summed E-state index contributed by atoms with van der Waals surface area (Å²) in [5.74, 6) is -3.70. The Morgan fingerprint density at radius 3 is 2.18 bits per heavy atom. The topological polar surface area (TPSA) is 293 Å². The third kappa shape index (κ3) is 18.7. The molecule has 17 heteroatoms. The molecule has 55 heavy (non-hydrogen) atoms. The fourth-order valence-electron chi connectivity index (χ4n) is 6.24. The highest BCUT2D eigenvalue weighted by molar-refractivity contribution is 5.92. The lowest BCUT2D eigenvalue weighted by Crippen LogP contribution is -2.58. The number of phenolic OH excluding ortho intramolecular Hbond substituents is 1. The van der Waals surface area contributed by atoms with Gasteiger partial charge in [0.05, 0.1) is 12.1 Å². The molecule has 0 bridgehead atoms. The Kier molecular flexibility index (Phi) is 21.9. The van der Waals surface area contributed by atoms with Gasteiger partial charge in [0.15, 0.2) is 0 Å². The molecule has 1 aromatic carbocycles. The Hall–Kier alpha value is -4.32. The van der Waals surface area contributed by atoms with Crippen molar-refractivity contribution in [2.24, 2.45) is 23.1 Å². The van der Waals surface area contributed by atoms with E-state index in [2.05, 4.69) is 31.9 Å². The maximum Gasteiger partial charge on any atom is 0.326 e. The van der Waals surface area contributed by atoms with Crippen molar-refractivity contribution >= 4 is 35.5 Å². The zero-order valence-electron chi connectivity index (χ0n) is 32.4. The number of benzene rings is 1. The van der Waals surface area contributed by atoms with Gasteiger partial charge in [-0.2, -0.15) is 0 Å². The van der Waals surface area contributed by atoms with Crippen molar-refractivity contribution in [1.82, 2.24) is 31.9 Å². The van der Waals surface area contributed by atoms with E-state index in [0.29, 0.717) is 83.0 Å². The molecule has 0 unspecified atom stereocenters. The van der Waals surface area contributed by atoms with Gasteiger partial charge in [-0.25, -0.2) is 4.79 Å². The molecule has 0 spiro atoms. The van der Waals surface area contributed by atoms with Gasteiger partial charge in [-0.1, -0.05) is 32.4 Å². The van der Waals surface area contributed by atoms with Crippen molar-refractivity contribution in [3.8, 4) is 5.75 Å². The quantitative estimate of drug-likeness (QED) is 0.0904. The monoisotopic (exact) mass is 775 g/mol. The summed E-state index contributed by atoms with van der Waals surface area (Å²) in [6, 6.07) is 0.480. The predicted octanol–water partition coefficient (Wildman–Crippen LogP) is -0.372. The van der Waals surface area contributed by atoms with Crippen molar-refractivity contribution in [3.63, 3.8) is 0 Å². The summed E-state index contributed by atoms with van der Waals surface area (Å²) in [5.41, 5.74) is 18.2. The van der Waals surface area contributed by atoms with Crippen LogP contribution in [0.2, 0.25) is 0 Å². The number of unbranched alkanes of at least 4 members (excludes halogenated alkanes) is 2. The zero-order chi connectivity index (χ0) is 40.8. The first kappa shape index (κ1) is 46.8.